The molecule has 0 amide bonds. The molecule has 22 heavy (non-hydrogen) atoms. The molecular formula is C16H26N2O4. The minimum Gasteiger partial charge on any atom is -0.497 e. The van der Waals surface area contributed by atoms with E-state index in [1.54, 1.807) is 13.2 Å². The summed E-state index contributed by atoms with van der Waals surface area (Å²) in [6.07, 6.45) is -0.518. The van der Waals surface area contributed by atoms with Crippen LogP contribution >= 0.6 is 0 Å². The Bertz CT molecular complexity index is 436. The third-order valence-electron chi connectivity index (χ3n) is 3.83. The molecule has 1 aliphatic rings. The van der Waals surface area contributed by atoms with Crippen molar-refractivity contribution in [3.8, 4) is 11.5 Å². The van der Waals surface area contributed by atoms with E-state index in [1.165, 1.54) is 0 Å². The van der Waals surface area contributed by atoms with E-state index in [0.717, 1.165) is 38.5 Å². The lowest BCUT2D eigenvalue weighted by Crippen LogP contribution is -2.49. The molecule has 0 spiro atoms. The van der Waals surface area contributed by atoms with Crippen molar-refractivity contribution < 1.29 is 19.7 Å². The molecule has 0 radical (unpaired) electrons. The summed E-state index contributed by atoms with van der Waals surface area (Å²) in [7, 11) is 1.62. The average Bonchev–Trinajstić information content (AvgIpc) is 2.55. The highest BCUT2D eigenvalue weighted by molar-refractivity contribution is 5.32. The first kappa shape index (κ1) is 17.0. The van der Waals surface area contributed by atoms with Crippen molar-refractivity contribution in [1.29, 1.82) is 0 Å². The van der Waals surface area contributed by atoms with Crippen LogP contribution in [0.1, 0.15) is 0 Å². The molecule has 6 nitrogen and oxygen atoms in total. The molecule has 0 aliphatic carbocycles. The van der Waals surface area contributed by atoms with Crippen LogP contribution in [0.25, 0.3) is 0 Å². The van der Waals surface area contributed by atoms with Crippen LogP contribution in [0, 0.1) is 0 Å². The smallest absolute Gasteiger partial charge is 0.123 e. The lowest BCUT2D eigenvalue weighted by atomic mass is 10.2. The van der Waals surface area contributed by atoms with Crippen LogP contribution < -0.4 is 9.47 Å². The Morgan fingerprint density at radius 3 is 2.50 bits per heavy atom. The fourth-order valence-corrected chi connectivity index (χ4v) is 2.57. The van der Waals surface area contributed by atoms with Gasteiger partial charge in [-0.25, -0.2) is 0 Å². The van der Waals surface area contributed by atoms with Gasteiger partial charge in [0.05, 0.1) is 13.7 Å². The van der Waals surface area contributed by atoms with Gasteiger partial charge in [0.15, 0.2) is 0 Å². The maximum absolute atomic E-state index is 10.1. The number of hydrogen-bond acceptors (Lipinski definition) is 6. The van der Waals surface area contributed by atoms with Gasteiger partial charge < -0.3 is 19.7 Å². The average molecular weight is 310 g/mol. The first-order chi connectivity index (χ1) is 10.7. The summed E-state index contributed by atoms with van der Waals surface area (Å²) in [5.74, 6) is 1.44. The normalized spacial score (nSPS) is 18.1. The van der Waals surface area contributed by atoms with Crippen LogP contribution in [0.15, 0.2) is 24.3 Å². The second-order valence-corrected chi connectivity index (χ2v) is 5.51. The summed E-state index contributed by atoms with van der Waals surface area (Å²) in [5.41, 5.74) is 0. The summed E-state index contributed by atoms with van der Waals surface area (Å²) in [5, 5.41) is 19.0. The highest BCUT2D eigenvalue weighted by Gasteiger charge is 2.19. The van der Waals surface area contributed by atoms with Crippen LogP contribution in [0.4, 0.5) is 0 Å². The zero-order valence-electron chi connectivity index (χ0n) is 13.1. The molecule has 1 fully saturated rings. The topological polar surface area (TPSA) is 65.4 Å². The van der Waals surface area contributed by atoms with Gasteiger partial charge in [0.1, 0.15) is 24.2 Å². The largest absolute Gasteiger partial charge is 0.497 e. The Kier molecular flexibility index (Phi) is 6.92. The molecule has 0 bridgehead atoms. The lowest BCUT2D eigenvalue weighted by molar-refractivity contribution is 0.0428. The second-order valence-electron chi connectivity index (χ2n) is 5.51. The van der Waals surface area contributed by atoms with Gasteiger partial charge >= 0.3 is 0 Å². The van der Waals surface area contributed by atoms with Crippen LogP contribution in [0.3, 0.4) is 0 Å². The van der Waals surface area contributed by atoms with Crippen LogP contribution in [0.5, 0.6) is 11.5 Å². The minimum atomic E-state index is -0.518. The Hall–Kier alpha value is -1.34. The predicted octanol–water partition coefficient (Wildman–Crippen LogP) is 0.0448. The number of piperazine rings is 1. The van der Waals surface area contributed by atoms with Crippen LogP contribution in [0.2, 0.25) is 0 Å². The van der Waals surface area contributed by atoms with Gasteiger partial charge in [-0.15, -0.1) is 0 Å². The van der Waals surface area contributed by atoms with E-state index in [0.29, 0.717) is 12.3 Å². The van der Waals surface area contributed by atoms with Crippen molar-refractivity contribution >= 4 is 0 Å². The molecular weight excluding hydrogens is 284 g/mol. The molecule has 1 aliphatic heterocycles. The van der Waals surface area contributed by atoms with Crippen molar-refractivity contribution in [3.63, 3.8) is 0 Å². The number of rotatable bonds is 8. The standard InChI is InChI=1S/C16H26N2O4/c1-21-15-3-2-4-16(11-15)22-13-14(20)12-18-7-5-17(6-8-18)9-10-19/h2-4,11,14,19-20H,5-10,12-13H2,1H3/t14-/m0/s1. The number of aliphatic hydroxyl groups excluding tert-OH is 2. The highest BCUT2D eigenvalue weighted by Crippen LogP contribution is 2.19. The third kappa shape index (κ3) is 5.46. The van der Waals surface area contributed by atoms with E-state index in [9.17, 15) is 5.11 Å². The molecule has 0 aromatic heterocycles. The van der Waals surface area contributed by atoms with Crippen molar-refractivity contribution in [1.82, 2.24) is 9.80 Å². The first-order valence-corrected chi connectivity index (χ1v) is 7.71. The molecule has 6 heteroatoms. The van der Waals surface area contributed by atoms with Crippen LogP contribution in [-0.2, 0) is 0 Å². The van der Waals surface area contributed by atoms with E-state index < -0.39 is 6.10 Å². The van der Waals surface area contributed by atoms with Gasteiger partial charge in [-0.1, -0.05) is 6.07 Å². The molecule has 2 rings (SSSR count). The summed E-state index contributed by atoms with van der Waals surface area (Å²) in [6.45, 7) is 5.51. The molecule has 1 saturated heterocycles. The van der Waals surface area contributed by atoms with Crippen molar-refractivity contribution in [2.24, 2.45) is 0 Å². The molecule has 1 aromatic carbocycles. The summed E-state index contributed by atoms with van der Waals surface area (Å²) < 4.78 is 10.8. The Morgan fingerprint density at radius 1 is 1.14 bits per heavy atom. The molecule has 1 aromatic rings. The Balaban J connectivity index is 1.68. The third-order valence-corrected chi connectivity index (χ3v) is 3.83. The number of nitrogens with zero attached hydrogens (tertiary/aromatic N) is 2. The predicted molar refractivity (Wildman–Crippen MR) is 84.5 cm³/mol. The van der Waals surface area contributed by atoms with Crippen LogP contribution in [-0.4, -0.2) is 85.7 Å². The summed E-state index contributed by atoms with van der Waals surface area (Å²) in [6, 6.07) is 7.37. The zero-order chi connectivity index (χ0) is 15.8. The first-order valence-electron chi connectivity index (χ1n) is 7.71. The number of aliphatic hydroxyl groups is 2. The molecule has 0 unspecified atom stereocenters. The molecule has 1 heterocycles. The van der Waals surface area contributed by atoms with Crippen molar-refractivity contribution in [2.75, 3.05) is 59.6 Å². The van der Waals surface area contributed by atoms with Gasteiger partial charge in [-0.2, -0.15) is 0 Å². The van der Waals surface area contributed by atoms with Gasteiger partial charge in [0, 0.05) is 45.3 Å². The number of hydrogen-bond donors (Lipinski definition) is 2. The summed E-state index contributed by atoms with van der Waals surface area (Å²) >= 11 is 0. The van der Waals surface area contributed by atoms with E-state index in [4.69, 9.17) is 14.6 Å². The quantitative estimate of drug-likeness (QED) is 0.707. The van der Waals surface area contributed by atoms with Gasteiger partial charge in [0.2, 0.25) is 0 Å². The second kappa shape index (κ2) is 8.95. The monoisotopic (exact) mass is 310 g/mol. The molecule has 1 atom stereocenters. The van der Waals surface area contributed by atoms with E-state index in [2.05, 4.69) is 9.80 Å². The van der Waals surface area contributed by atoms with E-state index in [-0.39, 0.29) is 13.2 Å². The fourth-order valence-electron chi connectivity index (χ4n) is 2.57. The maximum Gasteiger partial charge on any atom is 0.123 e. The van der Waals surface area contributed by atoms with E-state index in [1.807, 2.05) is 18.2 Å². The van der Waals surface area contributed by atoms with Gasteiger partial charge in [0.25, 0.3) is 0 Å². The SMILES string of the molecule is COc1cccc(OC[C@@H](O)CN2CCN(CCO)CC2)c1. The zero-order valence-corrected chi connectivity index (χ0v) is 13.1. The van der Waals surface area contributed by atoms with Gasteiger partial charge in [-0.05, 0) is 12.1 Å². The van der Waals surface area contributed by atoms with E-state index >= 15 is 0 Å². The Labute approximate surface area is 131 Å². The number of β-amino-alcohol motifs (C(OH)–C–C–N with tert-alkyl or cyclic N) is 2. The minimum absolute atomic E-state index is 0.205. The lowest BCUT2D eigenvalue weighted by Gasteiger charge is -2.35. The Morgan fingerprint density at radius 2 is 1.82 bits per heavy atom. The number of benzene rings is 1. The fraction of sp³-hybridized carbons (Fsp3) is 0.625. The summed E-state index contributed by atoms with van der Waals surface area (Å²) in [4.78, 5) is 4.46. The molecule has 2 N–H and O–H groups in total. The number of ether oxygens (including phenoxy) is 2. The molecule has 0 saturated carbocycles. The van der Waals surface area contributed by atoms with Crippen molar-refractivity contribution in [2.45, 2.75) is 6.10 Å². The number of methoxy groups -OCH3 is 1. The highest BCUT2D eigenvalue weighted by atomic mass is 16.5. The van der Waals surface area contributed by atoms with Crippen molar-refractivity contribution in [3.05, 3.63) is 24.3 Å². The maximum atomic E-state index is 10.1. The van der Waals surface area contributed by atoms with Gasteiger partial charge in [-0.3, -0.25) is 9.80 Å². The molecule has 124 valence electrons.